The maximum atomic E-state index is 14.1. The average Bonchev–Trinajstić information content (AvgIpc) is 3.43. The standard InChI is InChI=1S/C33H40N6O4S/c1-23(27-21-34-28-13-9-8-12-26(27)28)31(36-33(41)39-18-16-38(17-19-39)25-10-6-5-7-11-25)32(40)35-29-20-24(22-37(2)3)14-15-30(29)44(4,42)43/h5-15,20-21,23,31,34H,16-19,22H2,1-4H3,(H,35,40)(H,36,41)/t23-,31-/m1/s1. The number of aromatic nitrogens is 1. The van der Waals surface area contributed by atoms with Crippen molar-refractivity contribution in [2.75, 3.05) is 56.7 Å². The molecule has 1 fully saturated rings. The van der Waals surface area contributed by atoms with E-state index in [0.29, 0.717) is 32.7 Å². The summed E-state index contributed by atoms with van der Waals surface area (Å²) < 4.78 is 25.3. The number of carbonyl (C=O) groups is 2. The number of hydrogen-bond acceptors (Lipinski definition) is 6. The highest BCUT2D eigenvalue weighted by atomic mass is 32.2. The van der Waals surface area contributed by atoms with Crippen molar-refractivity contribution in [2.24, 2.45) is 0 Å². The van der Waals surface area contributed by atoms with Crippen LogP contribution in [-0.4, -0.2) is 87.7 Å². The van der Waals surface area contributed by atoms with E-state index in [1.807, 2.05) is 74.6 Å². The molecule has 0 radical (unpaired) electrons. The quantitative estimate of drug-likeness (QED) is 0.259. The summed E-state index contributed by atoms with van der Waals surface area (Å²) in [6.07, 6.45) is 2.98. The number of nitrogens with zero attached hydrogens (tertiary/aromatic N) is 3. The van der Waals surface area contributed by atoms with Crippen LogP contribution in [0.3, 0.4) is 0 Å². The predicted octanol–water partition coefficient (Wildman–Crippen LogP) is 4.28. The summed E-state index contributed by atoms with van der Waals surface area (Å²) in [7, 11) is 0.183. The van der Waals surface area contributed by atoms with Gasteiger partial charge in [-0.15, -0.1) is 0 Å². The summed E-state index contributed by atoms with van der Waals surface area (Å²) in [4.78, 5) is 36.9. The number of piperazine rings is 1. The molecule has 0 aliphatic carbocycles. The lowest BCUT2D eigenvalue weighted by Crippen LogP contribution is -2.56. The zero-order valence-corrected chi connectivity index (χ0v) is 26.4. The first-order chi connectivity index (χ1) is 21.0. The number of anilines is 2. The van der Waals surface area contributed by atoms with Gasteiger partial charge in [-0.1, -0.05) is 49.4 Å². The van der Waals surface area contributed by atoms with E-state index in [1.165, 1.54) is 6.07 Å². The minimum atomic E-state index is -3.64. The Hall–Kier alpha value is -4.35. The zero-order chi connectivity index (χ0) is 31.4. The fourth-order valence-corrected chi connectivity index (χ4v) is 6.60. The molecule has 2 heterocycles. The first-order valence-corrected chi connectivity index (χ1v) is 16.6. The average molecular weight is 617 g/mol. The van der Waals surface area contributed by atoms with Gasteiger partial charge in [0.1, 0.15) is 6.04 Å². The molecule has 5 rings (SSSR count). The molecule has 44 heavy (non-hydrogen) atoms. The van der Waals surface area contributed by atoms with Crippen LogP contribution in [0.4, 0.5) is 16.2 Å². The van der Waals surface area contributed by atoms with Crippen molar-refractivity contribution >= 4 is 44.1 Å². The molecule has 0 bridgehead atoms. The number of hydrogen-bond donors (Lipinski definition) is 3. The van der Waals surface area contributed by atoms with E-state index in [-0.39, 0.29) is 16.6 Å². The van der Waals surface area contributed by atoms with Crippen molar-refractivity contribution in [3.63, 3.8) is 0 Å². The maximum Gasteiger partial charge on any atom is 0.318 e. The number of rotatable bonds is 9. The van der Waals surface area contributed by atoms with E-state index in [9.17, 15) is 18.0 Å². The van der Waals surface area contributed by atoms with Gasteiger partial charge in [0.25, 0.3) is 0 Å². The second-order valence-electron chi connectivity index (χ2n) is 11.6. The molecule has 232 valence electrons. The number of urea groups is 1. The predicted molar refractivity (Wildman–Crippen MR) is 175 cm³/mol. The van der Waals surface area contributed by atoms with Crippen LogP contribution < -0.4 is 15.5 Å². The lowest BCUT2D eigenvalue weighted by molar-refractivity contribution is -0.118. The molecule has 1 aliphatic rings. The van der Waals surface area contributed by atoms with Gasteiger partial charge < -0.3 is 30.3 Å². The maximum absolute atomic E-state index is 14.1. The van der Waals surface area contributed by atoms with Crippen LogP contribution in [0.5, 0.6) is 0 Å². The fourth-order valence-electron chi connectivity index (χ4n) is 5.77. The number of carbonyl (C=O) groups excluding carboxylic acids is 2. The summed E-state index contributed by atoms with van der Waals surface area (Å²) >= 11 is 0. The van der Waals surface area contributed by atoms with Crippen LogP contribution in [0.25, 0.3) is 10.9 Å². The molecule has 3 amide bonds. The number of fused-ring (bicyclic) bond motifs is 1. The van der Waals surface area contributed by atoms with Crippen molar-refractivity contribution in [2.45, 2.75) is 30.3 Å². The third kappa shape index (κ3) is 7.06. The Labute approximate surface area is 259 Å². The number of sulfone groups is 1. The number of benzene rings is 3. The SMILES string of the molecule is C[C@H](c1c[nH]c2ccccc12)[C@@H](NC(=O)N1CCN(c2ccccc2)CC1)C(=O)Nc1cc(CN(C)C)ccc1S(C)(=O)=O. The summed E-state index contributed by atoms with van der Waals surface area (Å²) in [5.41, 5.74) is 3.95. The normalized spacial score (nSPS) is 15.3. The molecule has 1 aliphatic heterocycles. The Kier molecular flexibility index (Phi) is 9.26. The second kappa shape index (κ2) is 13.1. The molecule has 3 aromatic carbocycles. The van der Waals surface area contributed by atoms with Gasteiger partial charge in [-0.05, 0) is 55.6 Å². The van der Waals surface area contributed by atoms with Gasteiger partial charge in [-0.2, -0.15) is 0 Å². The van der Waals surface area contributed by atoms with Gasteiger partial charge in [0.2, 0.25) is 5.91 Å². The van der Waals surface area contributed by atoms with Crippen LogP contribution in [0.15, 0.2) is 83.9 Å². The van der Waals surface area contributed by atoms with Crippen LogP contribution in [0.2, 0.25) is 0 Å². The molecule has 10 nitrogen and oxygen atoms in total. The van der Waals surface area contributed by atoms with E-state index in [0.717, 1.165) is 34.0 Å². The van der Waals surface area contributed by atoms with Crippen LogP contribution in [-0.2, 0) is 21.2 Å². The fraction of sp³-hybridized carbons (Fsp3) is 0.333. The third-order valence-corrected chi connectivity index (χ3v) is 9.22. The molecule has 11 heteroatoms. The number of nitrogens with one attached hydrogen (secondary N) is 3. The van der Waals surface area contributed by atoms with E-state index in [4.69, 9.17) is 0 Å². The Morgan fingerprint density at radius 3 is 2.32 bits per heavy atom. The lowest BCUT2D eigenvalue weighted by atomic mass is 9.92. The summed E-state index contributed by atoms with van der Waals surface area (Å²) in [5, 5.41) is 6.83. The Morgan fingerprint density at radius 2 is 1.64 bits per heavy atom. The van der Waals surface area contributed by atoms with Crippen LogP contribution >= 0.6 is 0 Å². The monoisotopic (exact) mass is 616 g/mol. The van der Waals surface area contributed by atoms with Crippen molar-refractivity contribution < 1.29 is 18.0 Å². The molecular formula is C33H40N6O4S. The van der Waals surface area contributed by atoms with Gasteiger partial charge in [0.05, 0.1) is 10.6 Å². The smallest absolute Gasteiger partial charge is 0.318 e. The van der Waals surface area contributed by atoms with Gasteiger partial charge in [0.15, 0.2) is 9.84 Å². The summed E-state index contributed by atoms with van der Waals surface area (Å²) in [6, 6.07) is 21.5. The molecule has 0 saturated carbocycles. The Balaban J connectivity index is 1.42. The molecule has 1 aromatic heterocycles. The third-order valence-electron chi connectivity index (χ3n) is 8.06. The first-order valence-electron chi connectivity index (χ1n) is 14.7. The molecule has 0 unspecified atom stereocenters. The second-order valence-corrected chi connectivity index (χ2v) is 13.6. The topological polar surface area (TPSA) is 118 Å². The van der Waals surface area contributed by atoms with Crippen LogP contribution in [0, 0.1) is 0 Å². The van der Waals surface area contributed by atoms with Crippen molar-refractivity contribution in [3.05, 3.63) is 90.1 Å². The number of H-pyrrole nitrogens is 1. The van der Waals surface area contributed by atoms with Crippen LogP contribution in [0.1, 0.15) is 24.0 Å². The highest BCUT2D eigenvalue weighted by Crippen LogP contribution is 2.30. The van der Waals surface area contributed by atoms with Gasteiger partial charge in [-0.3, -0.25) is 4.79 Å². The summed E-state index contributed by atoms with van der Waals surface area (Å²) in [5.74, 6) is -0.932. The highest BCUT2D eigenvalue weighted by Gasteiger charge is 2.33. The van der Waals surface area contributed by atoms with E-state index in [1.54, 1.807) is 17.0 Å². The zero-order valence-electron chi connectivity index (χ0n) is 25.6. The van der Waals surface area contributed by atoms with E-state index < -0.39 is 27.7 Å². The molecule has 0 spiro atoms. The molecular weight excluding hydrogens is 576 g/mol. The van der Waals surface area contributed by atoms with E-state index in [2.05, 4.69) is 32.7 Å². The molecule has 2 atom stereocenters. The van der Waals surface area contributed by atoms with Gasteiger partial charge in [0, 0.05) is 67.7 Å². The number of amides is 3. The van der Waals surface area contributed by atoms with Gasteiger partial charge >= 0.3 is 6.03 Å². The summed E-state index contributed by atoms with van der Waals surface area (Å²) in [6.45, 7) is 4.80. The largest absolute Gasteiger partial charge is 0.368 e. The molecule has 4 aromatic rings. The number of para-hydroxylation sites is 2. The first kappa shape index (κ1) is 31.1. The van der Waals surface area contributed by atoms with Gasteiger partial charge in [-0.25, -0.2) is 13.2 Å². The van der Waals surface area contributed by atoms with Crippen molar-refractivity contribution in [3.8, 4) is 0 Å². The van der Waals surface area contributed by atoms with Crippen molar-refractivity contribution in [1.29, 1.82) is 0 Å². The molecule has 1 saturated heterocycles. The minimum Gasteiger partial charge on any atom is -0.368 e. The Morgan fingerprint density at radius 1 is 0.955 bits per heavy atom. The van der Waals surface area contributed by atoms with Crippen molar-refractivity contribution in [1.82, 2.24) is 20.1 Å². The minimum absolute atomic E-state index is 0.0233. The lowest BCUT2D eigenvalue weighted by Gasteiger charge is -2.37. The van der Waals surface area contributed by atoms with E-state index >= 15 is 0 Å². The molecule has 3 N–H and O–H groups in total. The highest BCUT2D eigenvalue weighted by molar-refractivity contribution is 7.90. The Bertz CT molecular complexity index is 1730. The number of aromatic amines is 1.